The van der Waals surface area contributed by atoms with Crippen molar-refractivity contribution >= 4 is 0 Å². The van der Waals surface area contributed by atoms with Crippen LogP contribution in [0, 0.1) is 12.7 Å². The molecule has 2 atom stereocenters. The van der Waals surface area contributed by atoms with Crippen LogP contribution in [0.5, 0.6) is 0 Å². The zero-order chi connectivity index (χ0) is 13.7. The second-order valence-corrected chi connectivity index (χ2v) is 5.43. The normalized spacial score (nSPS) is 20.7. The first-order valence-electron chi connectivity index (χ1n) is 7.25. The van der Waals surface area contributed by atoms with Crippen LogP contribution in [0.15, 0.2) is 18.2 Å². The van der Waals surface area contributed by atoms with E-state index in [-0.39, 0.29) is 11.9 Å². The van der Waals surface area contributed by atoms with E-state index in [4.69, 9.17) is 4.74 Å². The predicted molar refractivity (Wildman–Crippen MR) is 75.8 cm³/mol. The van der Waals surface area contributed by atoms with Crippen molar-refractivity contribution in [3.8, 4) is 0 Å². The lowest BCUT2D eigenvalue weighted by molar-refractivity contribution is 0.101. The number of benzene rings is 1. The van der Waals surface area contributed by atoms with Gasteiger partial charge in [-0.2, -0.15) is 0 Å². The van der Waals surface area contributed by atoms with E-state index in [1.807, 2.05) is 26.1 Å². The fourth-order valence-corrected chi connectivity index (χ4v) is 2.79. The van der Waals surface area contributed by atoms with Gasteiger partial charge in [0.1, 0.15) is 5.82 Å². The highest BCUT2D eigenvalue weighted by Crippen LogP contribution is 2.25. The Morgan fingerprint density at radius 1 is 1.47 bits per heavy atom. The topological polar surface area (TPSA) is 21.3 Å². The van der Waals surface area contributed by atoms with Gasteiger partial charge in [-0.05, 0) is 57.7 Å². The Balaban J connectivity index is 1.88. The van der Waals surface area contributed by atoms with E-state index in [1.54, 1.807) is 6.07 Å². The second kappa shape index (κ2) is 7.01. The lowest BCUT2D eigenvalue weighted by Crippen LogP contribution is -2.18. The first kappa shape index (κ1) is 14.5. The standard InChI is InChI=1S/C16H24FNO/c1-12-8-9-14(15(17)11-12)16(18-2)7-3-5-13-6-4-10-19-13/h8-9,11,13,16,18H,3-7,10H2,1-2H3. The number of aryl methyl sites for hydroxylation is 1. The van der Waals surface area contributed by atoms with Crippen molar-refractivity contribution in [1.29, 1.82) is 0 Å². The van der Waals surface area contributed by atoms with Gasteiger partial charge in [0.25, 0.3) is 0 Å². The van der Waals surface area contributed by atoms with Crippen molar-refractivity contribution in [2.24, 2.45) is 0 Å². The molecule has 1 aliphatic rings. The van der Waals surface area contributed by atoms with E-state index in [1.165, 1.54) is 12.8 Å². The van der Waals surface area contributed by atoms with E-state index >= 15 is 0 Å². The zero-order valence-electron chi connectivity index (χ0n) is 11.9. The molecule has 0 bridgehead atoms. The maximum Gasteiger partial charge on any atom is 0.128 e. The zero-order valence-corrected chi connectivity index (χ0v) is 11.9. The first-order valence-corrected chi connectivity index (χ1v) is 7.25. The van der Waals surface area contributed by atoms with Gasteiger partial charge >= 0.3 is 0 Å². The molecule has 106 valence electrons. The molecular formula is C16H24FNO. The summed E-state index contributed by atoms with van der Waals surface area (Å²) in [6.45, 7) is 2.82. The van der Waals surface area contributed by atoms with E-state index in [2.05, 4.69) is 5.32 Å². The van der Waals surface area contributed by atoms with Crippen LogP contribution in [0.25, 0.3) is 0 Å². The van der Waals surface area contributed by atoms with Crippen molar-refractivity contribution in [3.63, 3.8) is 0 Å². The number of nitrogens with one attached hydrogen (secondary N) is 1. The number of ether oxygens (including phenoxy) is 1. The Morgan fingerprint density at radius 2 is 2.32 bits per heavy atom. The summed E-state index contributed by atoms with van der Waals surface area (Å²) in [6.07, 6.45) is 5.92. The molecule has 1 aromatic rings. The van der Waals surface area contributed by atoms with Crippen LogP contribution < -0.4 is 5.32 Å². The Labute approximate surface area is 115 Å². The third-order valence-corrected chi connectivity index (χ3v) is 3.92. The van der Waals surface area contributed by atoms with Gasteiger partial charge in [-0.1, -0.05) is 12.1 Å². The monoisotopic (exact) mass is 265 g/mol. The molecule has 0 radical (unpaired) electrons. The van der Waals surface area contributed by atoms with Crippen LogP contribution in [0.1, 0.15) is 49.3 Å². The highest BCUT2D eigenvalue weighted by atomic mass is 19.1. The van der Waals surface area contributed by atoms with Crippen molar-refractivity contribution in [1.82, 2.24) is 5.32 Å². The van der Waals surface area contributed by atoms with Gasteiger partial charge in [-0.25, -0.2) is 4.39 Å². The van der Waals surface area contributed by atoms with E-state index in [0.717, 1.165) is 37.0 Å². The summed E-state index contributed by atoms with van der Waals surface area (Å²) in [5.74, 6) is -0.100. The Kier molecular flexibility index (Phi) is 5.34. The number of hydrogen-bond donors (Lipinski definition) is 1. The highest BCUT2D eigenvalue weighted by molar-refractivity contribution is 5.26. The van der Waals surface area contributed by atoms with Crippen LogP contribution in [-0.4, -0.2) is 19.8 Å². The van der Waals surface area contributed by atoms with Crippen LogP contribution in [0.3, 0.4) is 0 Å². The van der Waals surface area contributed by atoms with E-state index < -0.39 is 0 Å². The fourth-order valence-electron chi connectivity index (χ4n) is 2.79. The summed E-state index contributed by atoms with van der Waals surface area (Å²) < 4.78 is 19.6. The van der Waals surface area contributed by atoms with Gasteiger partial charge in [-0.15, -0.1) is 0 Å². The molecular weight excluding hydrogens is 241 g/mol. The largest absolute Gasteiger partial charge is 0.378 e. The quantitative estimate of drug-likeness (QED) is 0.846. The molecule has 2 nitrogen and oxygen atoms in total. The van der Waals surface area contributed by atoms with Gasteiger partial charge < -0.3 is 10.1 Å². The van der Waals surface area contributed by atoms with Gasteiger partial charge in [0.15, 0.2) is 0 Å². The highest BCUT2D eigenvalue weighted by Gasteiger charge is 2.17. The average molecular weight is 265 g/mol. The SMILES string of the molecule is CNC(CCCC1CCCO1)c1ccc(C)cc1F. The van der Waals surface area contributed by atoms with E-state index in [9.17, 15) is 4.39 Å². The molecule has 2 unspecified atom stereocenters. The van der Waals surface area contributed by atoms with E-state index in [0.29, 0.717) is 6.10 Å². The molecule has 1 aromatic carbocycles. The molecule has 3 heteroatoms. The number of halogens is 1. The minimum Gasteiger partial charge on any atom is -0.378 e. The summed E-state index contributed by atoms with van der Waals surface area (Å²) in [5, 5.41) is 3.22. The minimum atomic E-state index is -0.100. The van der Waals surface area contributed by atoms with Crippen LogP contribution in [-0.2, 0) is 4.74 Å². The molecule has 0 aromatic heterocycles. The van der Waals surface area contributed by atoms with Gasteiger partial charge in [0.2, 0.25) is 0 Å². The van der Waals surface area contributed by atoms with Crippen molar-refractivity contribution in [3.05, 3.63) is 35.1 Å². The summed E-state index contributed by atoms with van der Waals surface area (Å²) in [7, 11) is 1.90. The molecule has 19 heavy (non-hydrogen) atoms. The van der Waals surface area contributed by atoms with Crippen molar-refractivity contribution in [2.75, 3.05) is 13.7 Å². The second-order valence-electron chi connectivity index (χ2n) is 5.43. The summed E-state index contributed by atoms with van der Waals surface area (Å²) >= 11 is 0. The first-order chi connectivity index (χ1) is 9.20. The molecule has 1 N–H and O–H groups in total. The molecule has 1 saturated heterocycles. The number of rotatable bonds is 6. The number of hydrogen-bond acceptors (Lipinski definition) is 2. The van der Waals surface area contributed by atoms with Gasteiger partial charge in [0, 0.05) is 18.2 Å². The summed E-state index contributed by atoms with van der Waals surface area (Å²) in [4.78, 5) is 0. The fraction of sp³-hybridized carbons (Fsp3) is 0.625. The molecule has 1 heterocycles. The molecule has 2 rings (SSSR count). The molecule has 0 amide bonds. The average Bonchev–Trinajstić information content (AvgIpc) is 2.89. The van der Waals surface area contributed by atoms with Crippen LogP contribution >= 0.6 is 0 Å². The summed E-state index contributed by atoms with van der Waals surface area (Å²) in [5.41, 5.74) is 1.75. The molecule has 0 saturated carbocycles. The Bertz CT molecular complexity index is 402. The van der Waals surface area contributed by atoms with Crippen molar-refractivity contribution < 1.29 is 9.13 Å². The maximum atomic E-state index is 14.0. The smallest absolute Gasteiger partial charge is 0.128 e. The van der Waals surface area contributed by atoms with Gasteiger partial charge in [-0.3, -0.25) is 0 Å². The lowest BCUT2D eigenvalue weighted by atomic mass is 9.98. The predicted octanol–water partition coefficient (Wildman–Crippen LogP) is 3.74. The lowest BCUT2D eigenvalue weighted by Gasteiger charge is -2.18. The molecule has 1 fully saturated rings. The Morgan fingerprint density at radius 3 is 2.95 bits per heavy atom. The summed E-state index contributed by atoms with van der Waals surface area (Å²) in [6, 6.07) is 5.59. The third kappa shape index (κ3) is 4.02. The van der Waals surface area contributed by atoms with Crippen LogP contribution in [0.4, 0.5) is 4.39 Å². The third-order valence-electron chi connectivity index (χ3n) is 3.92. The molecule has 0 aliphatic carbocycles. The van der Waals surface area contributed by atoms with Crippen LogP contribution in [0.2, 0.25) is 0 Å². The molecule has 1 aliphatic heterocycles. The van der Waals surface area contributed by atoms with Crippen molar-refractivity contribution in [2.45, 2.75) is 51.2 Å². The molecule has 0 spiro atoms. The minimum absolute atomic E-state index is 0.0991. The maximum absolute atomic E-state index is 14.0. The van der Waals surface area contributed by atoms with Gasteiger partial charge in [0.05, 0.1) is 6.10 Å². The Hall–Kier alpha value is -0.930.